The second-order valence-corrected chi connectivity index (χ2v) is 6.92. The van der Waals surface area contributed by atoms with E-state index in [1.165, 1.54) is 0 Å². The molecule has 1 fully saturated rings. The third-order valence-corrected chi connectivity index (χ3v) is 4.62. The largest absolute Gasteiger partial charge is 0.286 e. The predicted octanol–water partition coefficient (Wildman–Crippen LogP) is 4.61. The van der Waals surface area contributed by atoms with Gasteiger partial charge in [-0.25, -0.2) is 4.99 Å². The number of amidine groups is 1. The standard InChI is InChI=1S/C17H15ClN2OS/c1-12-11-20(16(21)13-5-3-2-4-6-13)17(22-12)19-15-9-7-14(18)8-10-15/h2-10,12H,11H2,1H3/t12-/m0/s1. The minimum Gasteiger partial charge on any atom is -0.286 e. The Morgan fingerprint density at radius 3 is 2.55 bits per heavy atom. The Bertz CT molecular complexity index is 700. The first kappa shape index (κ1) is 15.1. The van der Waals surface area contributed by atoms with Crippen molar-refractivity contribution in [3.8, 4) is 0 Å². The van der Waals surface area contributed by atoms with Crippen LogP contribution >= 0.6 is 23.4 Å². The molecule has 2 aromatic carbocycles. The maximum Gasteiger partial charge on any atom is 0.259 e. The number of carbonyl (C=O) groups excluding carboxylic acids is 1. The van der Waals surface area contributed by atoms with Crippen LogP contribution < -0.4 is 0 Å². The normalized spacial score (nSPS) is 19.6. The van der Waals surface area contributed by atoms with Gasteiger partial charge in [-0.05, 0) is 36.4 Å². The summed E-state index contributed by atoms with van der Waals surface area (Å²) in [6, 6.07) is 16.6. The lowest BCUT2D eigenvalue weighted by molar-refractivity contribution is 0.0855. The molecule has 22 heavy (non-hydrogen) atoms. The topological polar surface area (TPSA) is 32.7 Å². The van der Waals surface area contributed by atoms with E-state index in [0.717, 1.165) is 10.9 Å². The van der Waals surface area contributed by atoms with Crippen molar-refractivity contribution < 1.29 is 4.79 Å². The fourth-order valence-corrected chi connectivity index (χ4v) is 3.39. The number of amides is 1. The molecule has 112 valence electrons. The van der Waals surface area contributed by atoms with Gasteiger partial charge < -0.3 is 0 Å². The molecule has 0 aliphatic carbocycles. The van der Waals surface area contributed by atoms with Crippen molar-refractivity contribution in [2.45, 2.75) is 12.2 Å². The van der Waals surface area contributed by atoms with Crippen LogP contribution in [0.5, 0.6) is 0 Å². The highest BCUT2D eigenvalue weighted by atomic mass is 35.5. The summed E-state index contributed by atoms with van der Waals surface area (Å²) in [5, 5.41) is 1.75. The van der Waals surface area contributed by atoms with Gasteiger partial charge in [0.05, 0.1) is 5.69 Å². The van der Waals surface area contributed by atoms with Crippen LogP contribution in [0.15, 0.2) is 59.6 Å². The van der Waals surface area contributed by atoms with Crippen molar-refractivity contribution in [1.82, 2.24) is 4.90 Å². The number of aliphatic imine (C=N–C) groups is 1. The molecule has 2 aromatic rings. The van der Waals surface area contributed by atoms with Gasteiger partial charge in [-0.1, -0.05) is 48.5 Å². The molecule has 1 amide bonds. The summed E-state index contributed by atoms with van der Waals surface area (Å²) in [7, 11) is 0. The number of nitrogens with zero attached hydrogens (tertiary/aromatic N) is 2. The Balaban J connectivity index is 1.89. The zero-order valence-corrected chi connectivity index (χ0v) is 13.6. The van der Waals surface area contributed by atoms with E-state index < -0.39 is 0 Å². The minimum atomic E-state index is -0.00911. The molecule has 1 atom stereocenters. The molecular weight excluding hydrogens is 316 g/mol. The Morgan fingerprint density at radius 2 is 1.86 bits per heavy atom. The van der Waals surface area contributed by atoms with Crippen molar-refractivity contribution in [2.75, 3.05) is 6.54 Å². The second kappa shape index (κ2) is 6.55. The fourth-order valence-electron chi connectivity index (χ4n) is 2.24. The number of rotatable bonds is 2. The van der Waals surface area contributed by atoms with Gasteiger partial charge in [0.1, 0.15) is 0 Å². The lowest BCUT2D eigenvalue weighted by atomic mass is 10.2. The summed E-state index contributed by atoms with van der Waals surface area (Å²) >= 11 is 7.51. The third kappa shape index (κ3) is 3.34. The van der Waals surface area contributed by atoms with E-state index in [9.17, 15) is 4.79 Å². The van der Waals surface area contributed by atoms with Crippen LogP contribution in [0.25, 0.3) is 0 Å². The zero-order valence-electron chi connectivity index (χ0n) is 12.1. The number of hydrogen-bond acceptors (Lipinski definition) is 3. The SMILES string of the molecule is C[C@H]1CN(C(=O)c2ccccc2)C(=Nc2ccc(Cl)cc2)S1. The Labute approximate surface area is 139 Å². The van der Waals surface area contributed by atoms with Gasteiger partial charge in [-0.3, -0.25) is 9.69 Å². The summed E-state index contributed by atoms with van der Waals surface area (Å²) in [5.41, 5.74) is 1.48. The van der Waals surface area contributed by atoms with Gasteiger partial charge in [0.15, 0.2) is 5.17 Å². The monoisotopic (exact) mass is 330 g/mol. The zero-order chi connectivity index (χ0) is 15.5. The summed E-state index contributed by atoms with van der Waals surface area (Å²) < 4.78 is 0. The molecule has 1 saturated heterocycles. The van der Waals surface area contributed by atoms with E-state index in [0.29, 0.717) is 22.4 Å². The summed E-state index contributed by atoms with van der Waals surface area (Å²) in [6.07, 6.45) is 0. The van der Waals surface area contributed by atoms with Crippen LogP contribution in [0.3, 0.4) is 0 Å². The van der Waals surface area contributed by atoms with E-state index in [2.05, 4.69) is 11.9 Å². The average Bonchev–Trinajstić information content (AvgIpc) is 2.90. The molecule has 0 aromatic heterocycles. The van der Waals surface area contributed by atoms with Gasteiger partial charge >= 0.3 is 0 Å². The van der Waals surface area contributed by atoms with Crippen molar-refractivity contribution in [2.24, 2.45) is 4.99 Å². The molecule has 0 N–H and O–H groups in total. The van der Waals surface area contributed by atoms with Crippen LogP contribution in [-0.2, 0) is 0 Å². The van der Waals surface area contributed by atoms with E-state index in [-0.39, 0.29) is 5.91 Å². The van der Waals surface area contributed by atoms with Crippen LogP contribution in [0.1, 0.15) is 17.3 Å². The Hall–Kier alpha value is -1.78. The third-order valence-electron chi connectivity index (χ3n) is 3.29. The van der Waals surface area contributed by atoms with Crippen LogP contribution in [0, 0.1) is 0 Å². The highest BCUT2D eigenvalue weighted by Gasteiger charge is 2.31. The highest BCUT2D eigenvalue weighted by molar-refractivity contribution is 8.14. The fraction of sp³-hybridized carbons (Fsp3) is 0.176. The molecule has 0 radical (unpaired) electrons. The van der Waals surface area contributed by atoms with Crippen molar-refractivity contribution in [3.05, 3.63) is 65.2 Å². The first-order chi connectivity index (χ1) is 10.6. The Morgan fingerprint density at radius 1 is 1.18 bits per heavy atom. The van der Waals surface area contributed by atoms with Crippen LogP contribution in [0.4, 0.5) is 5.69 Å². The van der Waals surface area contributed by atoms with Gasteiger partial charge in [0, 0.05) is 22.4 Å². The molecule has 0 saturated carbocycles. The summed E-state index contributed by atoms with van der Waals surface area (Å²) in [5.74, 6) is -0.00911. The van der Waals surface area contributed by atoms with E-state index in [4.69, 9.17) is 11.6 Å². The average molecular weight is 331 g/mol. The van der Waals surface area contributed by atoms with Gasteiger partial charge in [-0.2, -0.15) is 0 Å². The smallest absolute Gasteiger partial charge is 0.259 e. The first-order valence-corrected chi connectivity index (χ1v) is 8.27. The summed E-state index contributed by atoms with van der Waals surface area (Å²) in [4.78, 5) is 19.0. The molecule has 5 heteroatoms. The predicted molar refractivity (Wildman–Crippen MR) is 93.1 cm³/mol. The molecule has 1 aliphatic rings. The molecule has 3 rings (SSSR count). The second-order valence-electron chi connectivity index (χ2n) is 5.08. The number of benzene rings is 2. The van der Waals surface area contributed by atoms with Gasteiger partial charge in [0.2, 0.25) is 0 Å². The lowest BCUT2D eigenvalue weighted by Crippen LogP contribution is -2.32. The summed E-state index contributed by atoms with van der Waals surface area (Å²) in [6.45, 7) is 2.77. The van der Waals surface area contributed by atoms with Gasteiger partial charge in [-0.15, -0.1) is 0 Å². The van der Waals surface area contributed by atoms with Crippen LogP contribution in [0.2, 0.25) is 5.02 Å². The van der Waals surface area contributed by atoms with E-state index >= 15 is 0 Å². The van der Waals surface area contributed by atoms with E-state index in [1.807, 2.05) is 42.5 Å². The molecular formula is C17H15ClN2OS. The van der Waals surface area contributed by atoms with Crippen molar-refractivity contribution >= 4 is 40.1 Å². The molecule has 3 nitrogen and oxygen atoms in total. The van der Waals surface area contributed by atoms with Crippen molar-refractivity contribution in [1.29, 1.82) is 0 Å². The minimum absolute atomic E-state index is 0.00911. The van der Waals surface area contributed by atoms with Gasteiger partial charge in [0.25, 0.3) is 5.91 Å². The number of carbonyl (C=O) groups is 1. The lowest BCUT2D eigenvalue weighted by Gasteiger charge is -2.16. The number of hydrogen-bond donors (Lipinski definition) is 0. The molecule has 1 heterocycles. The van der Waals surface area contributed by atoms with E-state index in [1.54, 1.807) is 28.8 Å². The Kier molecular flexibility index (Phi) is 4.50. The first-order valence-electron chi connectivity index (χ1n) is 7.01. The quantitative estimate of drug-likeness (QED) is 0.805. The molecule has 0 spiro atoms. The number of halogens is 1. The molecule has 0 bridgehead atoms. The molecule has 1 aliphatic heterocycles. The molecule has 0 unspecified atom stereocenters. The highest BCUT2D eigenvalue weighted by Crippen LogP contribution is 2.29. The van der Waals surface area contributed by atoms with Crippen molar-refractivity contribution in [3.63, 3.8) is 0 Å². The maximum atomic E-state index is 12.7. The van der Waals surface area contributed by atoms with Crippen LogP contribution in [-0.4, -0.2) is 27.8 Å². The maximum absolute atomic E-state index is 12.7. The number of thioether (sulfide) groups is 1.